The van der Waals surface area contributed by atoms with Crippen LogP contribution >= 0.6 is 11.6 Å². The van der Waals surface area contributed by atoms with Crippen LogP contribution in [0.2, 0.25) is 5.02 Å². The number of halogens is 1. The highest BCUT2D eigenvalue weighted by Gasteiger charge is 2.43. The Bertz CT molecular complexity index is 1110. The first kappa shape index (κ1) is 20.5. The van der Waals surface area contributed by atoms with E-state index in [0.717, 1.165) is 44.1 Å². The van der Waals surface area contributed by atoms with Crippen molar-refractivity contribution in [1.82, 2.24) is 4.98 Å². The van der Waals surface area contributed by atoms with Gasteiger partial charge in [-0.15, -0.1) is 0 Å². The molecule has 0 N–H and O–H groups in total. The molecule has 30 heavy (non-hydrogen) atoms. The lowest BCUT2D eigenvalue weighted by Gasteiger charge is -2.17. The minimum Gasteiger partial charge on any atom is -0.298 e. The summed E-state index contributed by atoms with van der Waals surface area (Å²) in [7, 11) is 0. The molecule has 1 aliphatic rings. The molecule has 4 rings (SSSR count). The van der Waals surface area contributed by atoms with Crippen molar-refractivity contribution in [3.05, 3.63) is 87.7 Å². The summed E-state index contributed by atoms with van der Waals surface area (Å²) in [5, 5.41) is 0.727. The van der Waals surface area contributed by atoms with Crippen molar-refractivity contribution in [2.24, 2.45) is 5.92 Å². The Kier molecular flexibility index (Phi) is 5.57. The molecule has 0 spiro atoms. The van der Waals surface area contributed by atoms with Gasteiger partial charge in [0, 0.05) is 29.3 Å². The molecule has 152 valence electrons. The third-order valence-electron chi connectivity index (χ3n) is 6.03. The van der Waals surface area contributed by atoms with Crippen LogP contribution < -0.4 is 0 Å². The summed E-state index contributed by atoms with van der Waals surface area (Å²) in [6.07, 6.45) is 2.52. The van der Waals surface area contributed by atoms with E-state index in [1.54, 1.807) is 6.20 Å². The fraction of sp³-hybridized carbons (Fsp3) is 0.269. The van der Waals surface area contributed by atoms with Crippen molar-refractivity contribution in [1.29, 1.82) is 0 Å². The summed E-state index contributed by atoms with van der Waals surface area (Å²) in [5.41, 5.74) is 6.74. The Balaban J connectivity index is 1.66. The van der Waals surface area contributed by atoms with Gasteiger partial charge in [0.25, 0.3) is 0 Å². The van der Waals surface area contributed by atoms with Crippen LogP contribution in [-0.4, -0.2) is 16.6 Å². The number of carbonyl (C=O) groups excluding carboxylic acids is 2. The van der Waals surface area contributed by atoms with Gasteiger partial charge in [-0.1, -0.05) is 41.9 Å². The summed E-state index contributed by atoms with van der Waals surface area (Å²) >= 11 is 6.30. The van der Waals surface area contributed by atoms with E-state index >= 15 is 0 Å². The standard InChI is InChI=1S/C26H24ClNO2/c1-15-7-8-18(13-22(15)27)19-10-16(2)24(17(3)11-19)25-23(29)14-20(26(25)30)12-21-6-4-5-9-28-21/h4-11,13,20,25H,12,14H2,1-3H3. The number of ketones is 2. The van der Waals surface area contributed by atoms with Crippen molar-refractivity contribution < 1.29 is 9.59 Å². The van der Waals surface area contributed by atoms with E-state index < -0.39 is 5.92 Å². The summed E-state index contributed by atoms with van der Waals surface area (Å²) in [5.74, 6) is -0.942. The van der Waals surface area contributed by atoms with Gasteiger partial charge < -0.3 is 0 Å². The molecule has 4 heteroatoms. The van der Waals surface area contributed by atoms with Gasteiger partial charge in [-0.05, 0) is 78.8 Å². The lowest BCUT2D eigenvalue weighted by molar-refractivity contribution is -0.124. The zero-order valence-electron chi connectivity index (χ0n) is 17.4. The third-order valence-corrected chi connectivity index (χ3v) is 6.43. The number of pyridine rings is 1. The molecule has 0 radical (unpaired) electrons. The topological polar surface area (TPSA) is 47.0 Å². The molecule has 3 aromatic rings. The average molecular weight is 418 g/mol. The van der Waals surface area contributed by atoms with Crippen LogP contribution in [0.3, 0.4) is 0 Å². The first-order valence-corrected chi connectivity index (χ1v) is 10.6. The maximum atomic E-state index is 13.2. The first-order chi connectivity index (χ1) is 14.3. The largest absolute Gasteiger partial charge is 0.298 e. The van der Waals surface area contributed by atoms with Gasteiger partial charge in [0.2, 0.25) is 0 Å². The highest BCUT2D eigenvalue weighted by molar-refractivity contribution is 6.31. The lowest BCUT2D eigenvalue weighted by atomic mass is 9.85. The zero-order chi connectivity index (χ0) is 21.4. The molecular formula is C26H24ClNO2. The molecular weight excluding hydrogens is 394 g/mol. The summed E-state index contributed by atoms with van der Waals surface area (Å²) in [4.78, 5) is 30.4. The molecule has 0 bridgehead atoms. The van der Waals surface area contributed by atoms with Gasteiger partial charge >= 0.3 is 0 Å². The summed E-state index contributed by atoms with van der Waals surface area (Å²) < 4.78 is 0. The van der Waals surface area contributed by atoms with Crippen LogP contribution in [-0.2, 0) is 16.0 Å². The second-order valence-corrected chi connectivity index (χ2v) is 8.62. The first-order valence-electron chi connectivity index (χ1n) is 10.2. The van der Waals surface area contributed by atoms with Crippen LogP contribution in [0.5, 0.6) is 0 Å². The second-order valence-electron chi connectivity index (χ2n) is 8.22. The molecule has 2 atom stereocenters. The Morgan fingerprint density at radius 2 is 1.67 bits per heavy atom. The lowest BCUT2D eigenvalue weighted by Crippen LogP contribution is -2.19. The van der Waals surface area contributed by atoms with Gasteiger partial charge in [-0.3, -0.25) is 14.6 Å². The molecule has 1 heterocycles. The molecule has 1 aromatic heterocycles. The fourth-order valence-corrected chi connectivity index (χ4v) is 4.65. The Hall–Kier alpha value is -2.78. The SMILES string of the molecule is Cc1ccc(-c2cc(C)c(C3C(=O)CC(Cc4ccccn4)C3=O)c(C)c2)cc1Cl. The molecule has 1 saturated carbocycles. The summed E-state index contributed by atoms with van der Waals surface area (Å²) in [6.45, 7) is 5.94. The number of carbonyl (C=O) groups is 2. The third kappa shape index (κ3) is 3.82. The number of Topliss-reactive ketones (excluding diaryl/α,β-unsaturated/α-hetero) is 2. The highest BCUT2D eigenvalue weighted by atomic mass is 35.5. The van der Waals surface area contributed by atoms with Gasteiger partial charge in [-0.2, -0.15) is 0 Å². The predicted octanol–water partition coefficient (Wildman–Crippen LogP) is 5.81. The van der Waals surface area contributed by atoms with Crippen molar-refractivity contribution in [2.45, 2.75) is 39.5 Å². The van der Waals surface area contributed by atoms with Crippen LogP contribution in [0.25, 0.3) is 11.1 Å². The van der Waals surface area contributed by atoms with Crippen molar-refractivity contribution in [3.8, 4) is 11.1 Å². The van der Waals surface area contributed by atoms with E-state index in [9.17, 15) is 9.59 Å². The van der Waals surface area contributed by atoms with Crippen LogP contribution in [0.1, 0.15) is 40.3 Å². The van der Waals surface area contributed by atoms with Crippen LogP contribution in [0, 0.1) is 26.7 Å². The number of aryl methyl sites for hydroxylation is 3. The number of nitrogens with zero attached hydrogens (tertiary/aromatic N) is 1. The van der Waals surface area contributed by atoms with E-state index in [2.05, 4.69) is 17.1 Å². The van der Waals surface area contributed by atoms with E-state index in [4.69, 9.17) is 11.6 Å². The van der Waals surface area contributed by atoms with E-state index in [0.29, 0.717) is 6.42 Å². The predicted molar refractivity (Wildman–Crippen MR) is 120 cm³/mol. The number of hydrogen-bond acceptors (Lipinski definition) is 3. The summed E-state index contributed by atoms with van der Waals surface area (Å²) in [6, 6.07) is 15.8. The quantitative estimate of drug-likeness (QED) is 0.503. The second kappa shape index (κ2) is 8.16. The molecule has 2 unspecified atom stereocenters. The molecule has 1 aliphatic carbocycles. The molecule has 3 nitrogen and oxygen atoms in total. The number of hydrogen-bond donors (Lipinski definition) is 0. The van der Waals surface area contributed by atoms with Gasteiger partial charge in [-0.25, -0.2) is 0 Å². The molecule has 0 aliphatic heterocycles. The maximum Gasteiger partial charge on any atom is 0.151 e. The van der Waals surface area contributed by atoms with Crippen molar-refractivity contribution >= 4 is 23.2 Å². The smallest absolute Gasteiger partial charge is 0.151 e. The van der Waals surface area contributed by atoms with Crippen molar-refractivity contribution in [2.75, 3.05) is 0 Å². The van der Waals surface area contributed by atoms with E-state index in [1.807, 2.05) is 57.2 Å². The van der Waals surface area contributed by atoms with E-state index in [1.165, 1.54) is 0 Å². The normalized spacial score (nSPS) is 18.8. The Morgan fingerprint density at radius 1 is 0.933 bits per heavy atom. The highest BCUT2D eigenvalue weighted by Crippen LogP contribution is 2.39. The zero-order valence-corrected chi connectivity index (χ0v) is 18.2. The minimum atomic E-state index is -0.672. The van der Waals surface area contributed by atoms with Gasteiger partial charge in [0.05, 0.1) is 0 Å². The Labute approximate surface area is 182 Å². The van der Waals surface area contributed by atoms with Gasteiger partial charge in [0.1, 0.15) is 11.7 Å². The number of benzene rings is 2. The number of rotatable bonds is 4. The average Bonchev–Trinajstić information content (AvgIpc) is 2.98. The molecule has 0 saturated heterocycles. The van der Waals surface area contributed by atoms with Crippen molar-refractivity contribution in [3.63, 3.8) is 0 Å². The van der Waals surface area contributed by atoms with Gasteiger partial charge in [0.15, 0.2) is 5.78 Å². The van der Waals surface area contributed by atoms with E-state index in [-0.39, 0.29) is 23.9 Å². The van der Waals surface area contributed by atoms with Crippen LogP contribution in [0.15, 0.2) is 54.7 Å². The minimum absolute atomic E-state index is 0.0123. The number of aromatic nitrogens is 1. The van der Waals surface area contributed by atoms with Crippen LogP contribution in [0.4, 0.5) is 0 Å². The molecule has 1 fully saturated rings. The fourth-order valence-electron chi connectivity index (χ4n) is 4.47. The molecule has 0 amide bonds. The molecule has 2 aromatic carbocycles. The maximum absolute atomic E-state index is 13.2. The Morgan fingerprint density at radius 3 is 2.30 bits per heavy atom. The monoisotopic (exact) mass is 417 g/mol.